The second-order valence-electron chi connectivity index (χ2n) is 7.49. The number of rotatable bonds is 4. The summed E-state index contributed by atoms with van der Waals surface area (Å²) in [7, 11) is 0. The fourth-order valence-electron chi connectivity index (χ4n) is 3.59. The van der Waals surface area contributed by atoms with Crippen molar-refractivity contribution < 1.29 is 4.79 Å². The number of para-hydroxylation sites is 1. The Balaban J connectivity index is 1.38. The summed E-state index contributed by atoms with van der Waals surface area (Å²) >= 11 is 0. The van der Waals surface area contributed by atoms with E-state index in [1.54, 1.807) is 6.20 Å². The van der Waals surface area contributed by atoms with Gasteiger partial charge in [0, 0.05) is 43.8 Å². The minimum Gasteiger partial charge on any atom is -0.368 e. The van der Waals surface area contributed by atoms with Gasteiger partial charge in [0.1, 0.15) is 5.82 Å². The summed E-state index contributed by atoms with van der Waals surface area (Å²) in [6.45, 7) is 7.25. The molecule has 1 aromatic heterocycles. The van der Waals surface area contributed by atoms with Crippen molar-refractivity contribution in [2.45, 2.75) is 13.8 Å². The van der Waals surface area contributed by atoms with Crippen molar-refractivity contribution in [3.05, 3.63) is 83.6 Å². The van der Waals surface area contributed by atoms with Gasteiger partial charge >= 0.3 is 0 Å². The van der Waals surface area contributed by atoms with E-state index in [0.29, 0.717) is 5.56 Å². The van der Waals surface area contributed by atoms with E-state index >= 15 is 0 Å². The monoisotopic (exact) mass is 386 g/mol. The van der Waals surface area contributed by atoms with E-state index in [4.69, 9.17) is 0 Å². The summed E-state index contributed by atoms with van der Waals surface area (Å²) in [5.74, 6) is 0.785. The predicted molar refractivity (Wildman–Crippen MR) is 118 cm³/mol. The third kappa shape index (κ3) is 4.40. The lowest BCUT2D eigenvalue weighted by molar-refractivity contribution is 0.0746. The van der Waals surface area contributed by atoms with Crippen molar-refractivity contribution in [3.8, 4) is 0 Å². The topological polar surface area (TPSA) is 48.5 Å². The summed E-state index contributed by atoms with van der Waals surface area (Å²) in [5.41, 5.74) is 5.23. The molecule has 0 aliphatic carbocycles. The third-order valence-electron chi connectivity index (χ3n) is 5.35. The minimum atomic E-state index is 0.0449. The van der Waals surface area contributed by atoms with E-state index in [0.717, 1.165) is 43.2 Å². The number of carbonyl (C=O) groups excluding carboxylic acids is 1. The highest BCUT2D eigenvalue weighted by Crippen LogP contribution is 2.21. The van der Waals surface area contributed by atoms with Crippen molar-refractivity contribution in [3.63, 3.8) is 0 Å². The average Bonchev–Trinajstić information content (AvgIpc) is 2.77. The number of piperazine rings is 1. The normalized spacial score (nSPS) is 14.0. The number of anilines is 3. The first-order valence-corrected chi connectivity index (χ1v) is 10.00. The Morgan fingerprint density at radius 1 is 0.931 bits per heavy atom. The van der Waals surface area contributed by atoms with Crippen LogP contribution in [-0.2, 0) is 0 Å². The van der Waals surface area contributed by atoms with E-state index in [9.17, 15) is 4.79 Å². The molecule has 0 bridgehead atoms. The molecule has 1 aliphatic rings. The van der Waals surface area contributed by atoms with Crippen LogP contribution in [-0.4, -0.2) is 42.0 Å². The fraction of sp³-hybridized carbons (Fsp3) is 0.250. The second kappa shape index (κ2) is 8.35. The van der Waals surface area contributed by atoms with Crippen molar-refractivity contribution in [2.75, 3.05) is 36.4 Å². The smallest absolute Gasteiger partial charge is 0.255 e. The van der Waals surface area contributed by atoms with Gasteiger partial charge in [-0.25, -0.2) is 4.98 Å². The van der Waals surface area contributed by atoms with Gasteiger partial charge in [0.05, 0.1) is 5.56 Å². The summed E-state index contributed by atoms with van der Waals surface area (Å²) < 4.78 is 0. The maximum Gasteiger partial charge on any atom is 0.255 e. The molecule has 1 aliphatic heterocycles. The highest BCUT2D eigenvalue weighted by molar-refractivity contribution is 5.94. The van der Waals surface area contributed by atoms with Crippen LogP contribution in [0.5, 0.6) is 0 Å². The lowest BCUT2D eigenvalue weighted by Crippen LogP contribution is -2.48. The first-order valence-electron chi connectivity index (χ1n) is 10.00. The second-order valence-corrected chi connectivity index (χ2v) is 7.49. The largest absolute Gasteiger partial charge is 0.368 e. The van der Waals surface area contributed by atoms with Crippen molar-refractivity contribution in [1.29, 1.82) is 0 Å². The number of hydrogen-bond donors (Lipinski definition) is 1. The Labute approximate surface area is 172 Å². The number of carbonyl (C=O) groups is 1. The average molecular weight is 386 g/mol. The molecule has 29 heavy (non-hydrogen) atoms. The Hall–Kier alpha value is -3.34. The molecular weight excluding hydrogens is 360 g/mol. The molecular formula is C24H26N4O. The van der Waals surface area contributed by atoms with Crippen molar-refractivity contribution in [1.82, 2.24) is 9.88 Å². The van der Waals surface area contributed by atoms with Gasteiger partial charge in [0.15, 0.2) is 0 Å². The SMILES string of the molecule is Cc1ccc(C)c(Nc2ccc(C(=O)N3CCN(c4ccccc4)CC3)cn2)c1. The molecule has 2 aromatic carbocycles. The van der Waals surface area contributed by atoms with Crippen LogP contribution in [0.15, 0.2) is 66.9 Å². The molecule has 0 unspecified atom stereocenters. The first-order chi connectivity index (χ1) is 14.1. The molecule has 0 atom stereocenters. The van der Waals surface area contributed by atoms with Crippen LogP contribution in [0, 0.1) is 13.8 Å². The number of pyridine rings is 1. The molecule has 0 radical (unpaired) electrons. The highest BCUT2D eigenvalue weighted by Gasteiger charge is 2.22. The van der Waals surface area contributed by atoms with Crippen molar-refractivity contribution >= 4 is 23.1 Å². The zero-order valence-corrected chi connectivity index (χ0v) is 16.9. The zero-order valence-electron chi connectivity index (χ0n) is 16.9. The van der Waals surface area contributed by atoms with Crippen LogP contribution >= 0.6 is 0 Å². The fourth-order valence-corrected chi connectivity index (χ4v) is 3.59. The van der Waals surface area contributed by atoms with Crippen LogP contribution in [0.1, 0.15) is 21.5 Å². The Bertz CT molecular complexity index is 978. The van der Waals surface area contributed by atoms with E-state index in [1.807, 2.05) is 35.2 Å². The van der Waals surface area contributed by atoms with Crippen LogP contribution in [0.2, 0.25) is 0 Å². The molecule has 148 valence electrons. The number of nitrogens with zero attached hydrogens (tertiary/aromatic N) is 3. The minimum absolute atomic E-state index is 0.0449. The van der Waals surface area contributed by atoms with Crippen LogP contribution in [0.4, 0.5) is 17.2 Å². The molecule has 0 spiro atoms. The Morgan fingerprint density at radius 2 is 1.69 bits per heavy atom. The van der Waals surface area contributed by atoms with Gasteiger partial charge < -0.3 is 15.1 Å². The standard InChI is InChI=1S/C24H26N4O/c1-18-8-9-19(2)22(16-18)26-23-11-10-20(17-25-23)24(29)28-14-12-27(13-15-28)21-6-4-3-5-7-21/h3-11,16-17H,12-15H2,1-2H3,(H,25,26). The van der Waals surface area contributed by atoms with Gasteiger partial charge in [-0.3, -0.25) is 4.79 Å². The molecule has 0 saturated carbocycles. The Kier molecular flexibility index (Phi) is 5.47. The molecule has 5 heteroatoms. The maximum absolute atomic E-state index is 12.9. The molecule has 1 saturated heterocycles. The number of nitrogens with one attached hydrogen (secondary N) is 1. The molecule has 2 heterocycles. The van der Waals surface area contributed by atoms with Crippen LogP contribution in [0.25, 0.3) is 0 Å². The lowest BCUT2D eigenvalue weighted by Gasteiger charge is -2.36. The van der Waals surface area contributed by atoms with E-state index in [1.165, 1.54) is 11.3 Å². The van der Waals surface area contributed by atoms with Gasteiger partial charge in [-0.15, -0.1) is 0 Å². The molecule has 4 rings (SSSR count). The third-order valence-corrected chi connectivity index (χ3v) is 5.35. The Morgan fingerprint density at radius 3 is 2.38 bits per heavy atom. The maximum atomic E-state index is 12.9. The molecule has 1 fully saturated rings. The predicted octanol–water partition coefficient (Wildman–Crippen LogP) is 4.40. The van der Waals surface area contributed by atoms with Gasteiger partial charge in [0.2, 0.25) is 0 Å². The number of benzene rings is 2. The molecule has 1 N–H and O–H groups in total. The molecule has 1 amide bonds. The molecule has 5 nitrogen and oxygen atoms in total. The number of hydrogen-bond acceptors (Lipinski definition) is 4. The van der Waals surface area contributed by atoms with Crippen LogP contribution < -0.4 is 10.2 Å². The van der Waals surface area contributed by atoms with E-state index < -0.39 is 0 Å². The summed E-state index contributed by atoms with van der Waals surface area (Å²) in [6, 6.07) is 20.3. The zero-order chi connectivity index (χ0) is 20.2. The van der Waals surface area contributed by atoms with Gasteiger partial charge in [-0.1, -0.05) is 30.3 Å². The lowest BCUT2D eigenvalue weighted by atomic mass is 10.1. The summed E-state index contributed by atoms with van der Waals surface area (Å²) in [5, 5.41) is 3.34. The van der Waals surface area contributed by atoms with E-state index in [2.05, 4.69) is 59.4 Å². The van der Waals surface area contributed by atoms with E-state index in [-0.39, 0.29) is 5.91 Å². The number of aromatic nitrogens is 1. The summed E-state index contributed by atoms with van der Waals surface area (Å²) in [6.07, 6.45) is 1.67. The van der Waals surface area contributed by atoms with Crippen molar-refractivity contribution in [2.24, 2.45) is 0 Å². The quantitative estimate of drug-likeness (QED) is 0.722. The number of amides is 1. The van der Waals surface area contributed by atoms with Crippen LogP contribution in [0.3, 0.4) is 0 Å². The number of aryl methyl sites for hydroxylation is 2. The summed E-state index contributed by atoms with van der Waals surface area (Å²) in [4.78, 5) is 21.5. The first kappa shape index (κ1) is 19.0. The molecule has 3 aromatic rings. The van der Waals surface area contributed by atoms with Gasteiger partial charge in [0.25, 0.3) is 5.91 Å². The van der Waals surface area contributed by atoms with Gasteiger partial charge in [-0.05, 0) is 55.3 Å². The van der Waals surface area contributed by atoms with Gasteiger partial charge in [-0.2, -0.15) is 0 Å². The highest BCUT2D eigenvalue weighted by atomic mass is 16.2.